The van der Waals surface area contributed by atoms with E-state index in [1.54, 1.807) is 32.9 Å². The van der Waals surface area contributed by atoms with Gasteiger partial charge in [0.25, 0.3) is 0 Å². The molecule has 1 rings (SSSR count). The molecule has 0 radical (unpaired) electrons. The highest BCUT2D eigenvalue weighted by atomic mass is 16.6. The lowest BCUT2D eigenvalue weighted by molar-refractivity contribution is -0.162. The molecule has 0 aromatic heterocycles. The second-order valence-corrected chi connectivity index (χ2v) is 4.71. The third-order valence-corrected chi connectivity index (χ3v) is 2.10. The SMILES string of the molecule is CC(C)(C)OC(=O)C1C=CCN[C@H]1C(=O)O. The first kappa shape index (κ1) is 12.7. The van der Waals surface area contributed by atoms with Gasteiger partial charge < -0.3 is 9.84 Å². The van der Waals surface area contributed by atoms with Gasteiger partial charge in [-0.3, -0.25) is 14.9 Å². The van der Waals surface area contributed by atoms with E-state index < -0.39 is 29.5 Å². The molecule has 0 bridgehead atoms. The van der Waals surface area contributed by atoms with E-state index in [0.29, 0.717) is 6.54 Å². The number of carbonyl (C=O) groups is 2. The Morgan fingerprint density at radius 3 is 2.56 bits per heavy atom. The number of carbonyl (C=O) groups excluding carboxylic acids is 1. The van der Waals surface area contributed by atoms with Crippen LogP contribution in [0, 0.1) is 5.92 Å². The van der Waals surface area contributed by atoms with Gasteiger partial charge in [-0.25, -0.2) is 0 Å². The highest BCUT2D eigenvalue weighted by Crippen LogP contribution is 2.17. The summed E-state index contributed by atoms with van der Waals surface area (Å²) in [5.74, 6) is -2.31. The quantitative estimate of drug-likeness (QED) is 0.532. The number of rotatable bonds is 2. The predicted octanol–water partition coefficient (Wildman–Crippen LogP) is 0.557. The van der Waals surface area contributed by atoms with E-state index >= 15 is 0 Å². The lowest BCUT2D eigenvalue weighted by Gasteiger charge is -2.27. The maximum Gasteiger partial charge on any atom is 0.321 e. The van der Waals surface area contributed by atoms with Gasteiger partial charge in [0.05, 0.1) is 0 Å². The van der Waals surface area contributed by atoms with Crippen LogP contribution in [-0.2, 0) is 14.3 Å². The molecule has 16 heavy (non-hydrogen) atoms. The molecule has 0 amide bonds. The number of hydrogen-bond acceptors (Lipinski definition) is 4. The van der Waals surface area contributed by atoms with Gasteiger partial charge in [-0.2, -0.15) is 0 Å². The average Bonchev–Trinajstić information content (AvgIpc) is 2.15. The van der Waals surface area contributed by atoms with Crippen molar-refractivity contribution in [1.82, 2.24) is 5.32 Å². The van der Waals surface area contributed by atoms with Gasteiger partial charge in [-0.1, -0.05) is 12.2 Å². The van der Waals surface area contributed by atoms with Crippen molar-refractivity contribution in [3.8, 4) is 0 Å². The number of aliphatic carboxylic acids is 1. The lowest BCUT2D eigenvalue weighted by atomic mass is 9.96. The van der Waals surface area contributed by atoms with E-state index in [9.17, 15) is 9.59 Å². The Balaban J connectivity index is 2.76. The van der Waals surface area contributed by atoms with Crippen molar-refractivity contribution in [2.75, 3.05) is 6.54 Å². The van der Waals surface area contributed by atoms with Crippen LogP contribution < -0.4 is 5.32 Å². The molecule has 0 saturated heterocycles. The maximum absolute atomic E-state index is 11.8. The van der Waals surface area contributed by atoms with E-state index in [4.69, 9.17) is 9.84 Å². The summed E-state index contributed by atoms with van der Waals surface area (Å²) in [6.07, 6.45) is 3.32. The molecule has 5 heteroatoms. The number of hydrogen-bond donors (Lipinski definition) is 2. The molecular weight excluding hydrogens is 210 g/mol. The summed E-state index contributed by atoms with van der Waals surface area (Å²) < 4.78 is 5.16. The highest BCUT2D eigenvalue weighted by molar-refractivity contribution is 5.85. The molecule has 0 aromatic rings. The summed E-state index contributed by atoms with van der Waals surface area (Å²) >= 11 is 0. The van der Waals surface area contributed by atoms with Crippen molar-refractivity contribution in [1.29, 1.82) is 0 Å². The Bertz CT molecular complexity index is 316. The van der Waals surface area contributed by atoms with Gasteiger partial charge in [-0.15, -0.1) is 0 Å². The van der Waals surface area contributed by atoms with Crippen LogP contribution in [-0.4, -0.2) is 35.2 Å². The molecule has 2 atom stereocenters. The summed E-state index contributed by atoms with van der Waals surface area (Å²) in [5, 5.41) is 11.7. The second-order valence-electron chi connectivity index (χ2n) is 4.71. The van der Waals surface area contributed by atoms with E-state index in [-0.39, 0.29) is 0 Å². The van der Waals surface area contributed by atoms with Crippen molar-refractivity contribution in [2.45, 2.75) is 32.4 Å². The van der Waals surface area contributed by atoms with E-state index in [0.717, 1.165) is 0 Å². The summed E-state index contributed by atoms with van der Waals surface area (Å²) in [4.78, 5) is 22.7. The highest BCUT2D eigenvalue weighted by Gasteiger charge is 2.35. The number of esters is 1. The zero-order valence-electron chi connectivity index (χ0n) is 9.69. The Kier molecular flexibility index (Phi) is 3.70. The van der Waals surface area contributed by atoms with Crippen molar-refractivity contribution in [3.05, 3.63) is 12.2 Å². The molecule has 0 spiro atoms. The zero-order valence-corrected chi connectivity index (χ0v) is 9.69. The molecule has 1 aliphatic heterocycles. The first-order valence-electron chi connectivity index (χ1n) is 5.17. The van der Waals surface area contributed by atoms with Crippen LogP contribution >= 0.6 is 0 Å². The molecule has 5 nitrogen and oxygen atoms in total. The molecule has 0 aromatic carbocycles. The van der Waals surface area contributed by atoms with Crippen molar-refractivity contribution < 1.29 is 19.4 Å². The number of carboxylic acids is 1. The lowest BCUT2D eigenvalue weighted by Crippen LogP contribution is -2.48. The summed E-state index contributed by atoms with van der Waals surface area (Å²) in [5.41, 5.74) is -0.606. The molecule has 1 aliphatic rings. The van der Waals surface area contributed by atoms with Gasteiger partial charge >= 0.3 is 11.9 Å². The van der Waals surface area contributed by atoms with Gasteiger partial charge in [0, 0.05) is 6.54 Å². The van der Waals surface area contributed by atoms with Crippen LogP contribution in [0.5, 0.6) is 0 Å². The molecular formula is C11H17NO4. The molecule has 0 fully saturated rings. The van der Waals surface area contributed by atoms with Crippen LogP contribution in [0.25, 0.3) is 0 Å². The third kappa shape index (κ3) is 3.34. The number of carboxylic acid groups (broad SMARTS) is 1. The number of ether oxygens (including phenoxy) is 1. The molecule has 0 saturated carbocycles. The minimum Gasteiger partial charge on any atom is -0.480 e. The van der Waals surface area contributed by atoms with Crippen LogP contribution in [0.2, 0.25) is 0 Å². The summed E-state index contributed by atoms with van der Waals surface area (Å²) in [6, 6.07) is -0.903. The minimum absolute atomic E-state index is 0.455. The maximum atomic E-state index is 11.8. The minimum atomic E-state index is -1.04. The molecule has 1 heterocycles. The summed E-state index contributed by atoms with van der Waals surface area (Å²) in [7, 11) is 0. The molecule has 1 unspecified atom stereocenters. The normalized spacial score (nSPS) is 25.2. The Morgan fingerprint density at radius 1 is 1.44 bits per heavy atom. The van der Waals surface area contributed by atoms with E-state index in [1.165, 1.54) is 0 Å². The first-order chi connectivity index (χ1) is 7.31. The Morgan fingerprint density at radius 2 is 2.06 bits per heavy atom. The number of nitrogens with one attached hydrogen (secondary N) is 1. The van der Waals surface area contributed by atoms with Crippen LogP contribution in [0.4, 0.5) is 0 Å². The van der Waals surface area contributed by atoms with Crippen LogP contribution in [0.3, 0.4) is 0 Å². The molecule has 90 valence electrons. The Labute approximate surface area is 94.5 Å². The predicted molar refractivity (Wildman–Crippen MR) is 57.9 cm³/mol. The Hall–Kier alpha value is -1.36. The fourth-order valence-corrected chi connectivity index (χ4v) is 1.47. The fraction of sp³-hybridized carbons (Fsp3) is 0.636. The zero-order chi connectivity index (χ0) is 12.3. The van der Waals surface area contributed by atoms with Gasteiger partial charge in [0.1, 0.15) is 17.6 Å². The van der Waals surface area contributed by atoms with Gasteiger partial charge in [0.2, 0.25) is 0 Å². The van der Waals surface area contributed by atoms with Crippen molar-refractivity contribution in [2.24, 2.45) is 5.92 Å². The van der Waals surface area contributed by atoms with Crippen LogP contribution in [0.15, 0.2) is 12.2 Å². The van der Waals surface area contributed by atoms with Crippen LogP contribution in [0.1, 0.15) is 20.8 Å². The second kappa shape index (κ2) is 4.65. The van der Waals surface area contributed by atoms with E-state index in [1.807, 2.05) is 0 Å². The van der Waals surface area contributed by atoms with Gasteiger partial charge in [0.15, 0.2) is 0 Å². The van der Waals surface area contributed by atoms with E-state index in [2.05, 4.69) is 5.32 Å². The first-order valence-corrected chi connectivity index (χ1v) is 5.17. The summed E-state index contributed by atoms with van der Waals surface area (Å²) in [6.45, 7) is 5.71. The third-order valence-electron chi connectivity index (χ3n) is 2.10. The van der Waals surface area contributed by atoms with Crippen molar-refractivity contribution in [3.63, 3.8) is 0 Å². The van der Waals surface area contributed by atoms with Crippen molar-refractivity contribution >= 4 is 11.9 Å². The fourth-order valence-electron chi connectivity index (χ4n) is 1.47. The largest absolute Gasteiger partial charge is 0.480 e. The molecule has 0 aliphatic carbocycles. The van der Waals surface area contributed by atoms with Gasteiger partial charge in [-0.05, 0) is 20.8 Å². The monoisotopic (exact) mass is 227 g/mol. The topological polar surface area (TPSA) is 75.6 Å². The standard InChI is InChI=1S/C11H17NO4/c1-11(2,3)16-10(15)7-5-4-6-12-8(7)9(13)14/h4-5,7-8,12H,6H2,1-3H3,(H,13,14)/t7?,8-/m1/s1. The molecule has 2 N–H and O–H groups in total. The smallest absolute Gasteiger partial charge is 0.321 e. The average molecular weight is 227 g/mol.